The van der Waals surface area contributed by atoms with Gasteiger partial charge in [-0.15, -0.1) is 13.2 Å². The van der Waals surface area contributed by atoms with E-state index in [1.165, 1.54) is 6.07 Å². The van der Waals surface area contributed by atoms with Crippen molar-refractivity contribution in [1.82, 2.24) is 0 Å². The molecule has 0 heterocycles. The van der Waals surface area contributed by atoms with Crippen LogP contribution in [0.3, 0.4) is 0 Å². The van der Waals surface area contributed by atoms with Gasteiger partial charge in [0.15, 0.2) is 5.75 Å². The molecule has 0 N–H and O–H groups in total. The molecule has 0 aromatic heterocycles. The van der Waals surface area contributed by atoms with E-state index in [1.807, 2.05) is 0 Å². The van der Waals surface area contributed by atoms with Crippen LogP contribution in [0.2, 0.25) is 0 Å². The number of alkyl halides is 6. The number of para-hydroxylation sites is 1. The summed E-state index contributed by atoms with van der Waals surface area (Å²) < 4.78 is 76.2. The molecule has 17 heavy (non-hydrogen) atoms. The van der Waals surface area contributed by atoms with E-state index in [0.29, 0.717) is 6.07 Å². The van der Waals surface area contributed by atoms with Crippen molar-refractivity contribution in [3.63, 3.8) is 0 Å². The summed E-state index contributed by atoms with van der Waals surface area (Å²) in [6, 6.07) is 3.24. The zero-order chi connectivity index (χ0) is 13.3. The molecule has 0 aliphatic carbocycles. The fraction of sp³-hybridized carbons (Fsp3) is 0.222. The van der Waals surface area contributed by atoms with E-state index in [4.69, 9.17) is 5.26 Å². The first-order chi connectivity index (χ1) is 7.65. The summed E-state index contributed by atoms with van der Waals surface area (Å²) >= 11 is 0. The van der Waals surface area contributed by atoms with Crippen LogP contribution in [0.5, 0.6) is 5.75 Å². The van der Waals surface area contributed by atoms with Crippen LogP contribution in [0.1, 0.15) is 11.1 Å². The van der Waals surface area contributed by atoms with Gasteiger partial charge in [0.1, 0.15) is 6.07 Å². The average molecular weight is 255 g/mol. The van der Waals surface area contributed by atoms with Crippen molar-refractivity contribution >= 4 is 0 Å². The van der Waals surface area contributed by atoms with Crippen LogP contribution in [-0.4, -0.2) is 6.36 Å². The van der Waals surface area contributed by atoms with Crippen LogP contribution in [0.15, 0.2) is 18.2 Å². The lowest BCUT2D eigenvalue weighted by atomic mass is 10.1. The van der Waals surface area contributed by atoms with Gasteiger partial charge in [0, 0.05) is 0 Å². The van der Waals surface area contributed by atoms with Gasteiger partial charge in [0.25, 0.3) is 0 Å². The van der Waals surface area contributed by atoms with Gasteiger partial charge in [-0.25, -0.2) is 0 Å². The Kier molecular flexibility index (Phi) is 3.22. The highest BCUT2D eigenvalue weighted by molar-refractivity contribution is 5.49. The Morgan fingerprint density at radius 1 is 1.06 bits per heavy atom. The Morgan fingerprint density at radius 3 is 2.06 bits per heavy atom. The maximum absolute atomic E-state index is 12.4. The first-order valence-corrected chi connectivity index (χ1v) is 4.01. The highest BCUT2D eigenvalue weighted by atomic mass is 19.4. The van der Waals surface area contributed by atoms with E-state index in [2.05, 4.69) is 4.74 Å². The summed E-state index contributed by atoms with van der Waals surface area (Å²) in [4.78, 5) is 0. The second kappa shape index (κ2) is 4.16. The van der Waals surface area contributed by atoms with Gasteiger partial charge in [-0.05, 0) is 12.1 Å². The number of hydrogen-bond donors (Lipinski definition) is 0. The third-order valence-corrected chi connectivity index (χ3v) is 1.66. The summed E-state index contributed by atoms with van der Waals surface area (Å²) in [7, 11) is 0. The number of nitrogens with zero attached hydrogens (tertiary/aromatic N) is 1. The molecule has 0 spiro atoms. The molecular formula is C9H3F6NO. The molecule has 0 amide bonds. The standard InChI is InChI=1S/C9H3F6NO/c10-8(11,12)6-3-1-2-5(4-16)7(6)17-9(13,14)15/h1-3H. The van der Waals surface area contributed by atoms with Crippen molar-refractivity contribution in [1.29, 1.82) is 5.26 Å². The molecule has 2 nitrogen and oxygen atoms in total. The van der Waals surface area contributed by atoms with Crippen molar-refractivity contribution in [2.45, 2.75) is 12.5 Å². The highest BCUT2D eigenvalue weighted by Crippen LogP contribution is 2.40. The minimum Gasteiger partial charge on any atom is -0.404 e. The van der Waals surface area contributed by atoms with Crippen molar-refractivity contribution in [3.05, 3.63) is 29.3 Å². The number of rotatable bonds is 1. The summed E-state index contributed by atoms with van der Waals surface area (Å²) in [5, 5.41) is 8.44. The monoisotopic (exact) mass is 255 g/mol. The minimum absolute atomic E-state index is 0.405. The van der Waals surface area contributed by atoms with Gasteiger partial charge in [-0.1, -0.05) is 6.07 Å². The molecule has 1 aromatic rings. The lowest BCUT2D eigenvalue weighted by Crippen LogP contribution is -2.21. The summed E-state index contributed by atoms with van der Waals surface area (Å²) in [6.45, 7) is 0. The molecule has 0 aliphatic heterocycles. The van der Waals surface area contributed by atoms with Crippen LogP contribution >= 0.6 is 0 Å². The van der Waals surface area contributed by atoms with Gasteiger partial charge >= 0.3 is 12.5 Å². The predicted octanol–water partition coefficient (Wildman–Crippen LogP) is 3.48. The largest absolute Gasteiger partial charge is 0.573 e. The van der Waals surface area contributed by atoms with Gasteiger partial charge in [-0.3, -0.25) is 0 Å². The third kappa shape index (κ3) is 3.27. The zero-order valence-electron chi connectivity index (χ0n) is 7.86. The van der Waals surface area contributed by atoms with E-state index in [-0.39, 0.29) is 0 Å². The number of nitriles is 1. The van der Waals surface area contributed by atoms with E-state index in [0.717, 1.165) is 12.1 Å². The third-order valence-electron chi connectivity index (χ3n) is 1.66. The molecule has 1 rings (SSSR count). The molecule has 0 radical (unpaired) electrons. The molecule has 0 unspecified atom stereocenters. The van der Waals surface area contributed by atoms with Crippen LogP contribution in [0.4, 0.5) is 26.3 Å². The molecule has 0 fully saturated rings. The maximum Gasteiger partial charge on any atom is 0.573 e. The highest BCUT2D eigenvalue weighted by Gasteiger charge is 2.40. The van der Waals surface area contributed by atoms with Crippen LogP contribution in [-0.2, 0) is 6.18 Å². The normalized spacial score (nSPS) is 12.1. The Labute approximate surface area is 91.0 Å². The molecule has 1 aromatic carbocycles. The van der Waals surface area contributed by atoms with E-state index < -0.39 is 29.4 Å². The van der Waals surface area contributed by atoms with Gasteiger partial charge in [0.2, 0.25) is 0 Å². The fourth-order valence-corrected chi connectivity index (χ4v) is 1.07. The molecule has 0 saturated heterocycles. The molecule has 0 bridgehead atoms. The van der Waals surface area contributed by atoms with Crippen molar-refractivity contribution in [3.8, 4) is 11.8 Å². The number of hydrogen-bond acceptors (Lipinski definition) is 2. The summed E-state index contributed by atoms with van der Waals surface area (Å²) in [5.74, 6) is -1.53. The molecule has 8 heteroatoms. The fourth-order valence-electron chi connectivity index (χ4n) is 1.07. The minimum atomic E-state index is -5.30. The number of ether oxygens (including phenoxy) is 1. The van der Waals surface area contributed by atoms with Crippen molar-refractivity contribution in [2.24, 2.45) is 0 Å². The van der Waals surface area contributed by atoms with E-state index >= 15 is 0 Å². The topological polar surface area (TPSA) is 33.0 Å². The average Bonchev–Trinajstić information content (AvgIpc) is 2.13. The second-order valence-electron chi connectivity index (χ2n) is 2.84. The molecule has 0 saturated carbocycles. The first kappa shape index (κ1) is 13.2. The van der Waals surface area contributed by atoms with Crippen LogP contribution in [0, 0.1) is 11.3 Å². The molecule has 0 aliphatic rings. The van der Waals surface area contributed by atoms with Gasteiger partial charge < -0.3 is 4.74 Å². The molecular weight excluding hydrogens is 252 g/mol. The summed E-state index contributed by atoms with van der Waals surface area (Å²) in [5.41, 5.74) is -2.48. The maximum atomic E-state index is 12.4. The lowest BCUT2D eigenvalue weighted by Gasteiger charge is -2.15. The lowest BCUT2D eigenvalue weighted by molar-refractivity contribution is -0.276. The van der Waals surface area contributed by atoms with Crippen LogP contribution in [0.25, 0.3) is 0 Å². The number of benzene rings is 1. The zero-order valence-corrected chi connectivity index (χ0v) is 7.86. The molecule has 0 atom stereocenters. The number of halogens is 6. The SMILES string of the molecule is N#Cc1cccc(C(F)(F)F)c1OC(F)(F)F. The molecule has 92 valence electrons. The van der Waals surface area contributed by atoms with E-state index in [9.17, 15) is 26.3 Å². The van der Waals surface area contributed by atoms with E-state index in [1.54, 1.807) is 0 Å². The first-order valence-electron chi connectivity index (χ1n) is 4.01. The van der Waals surface area contributed by atoms with Gasteiger partial charge in [0.05, 0.1) is 11.1 Å². The van der Waals surface area contributed by atoms with Crippen LogP contribution < -0.4 is 4.74 Å². The Hall–Kier alpha value is -1.91. The Morgan fingerprint density at radius 2 is 1.65 bits per heavy atom. The van der Waals surface area contributed by atoms with Crippen molar-refractivity contribution in [2.75, 3.05) is 0 Å². The Bertz CT molecular complexity index is 456. The smallest absolute Gasteiger partial charge is 0.404 e. The predicted molar refractivity (Wildman–Crippen MR) is 42.8 cm³/mol. The van der Waals surface area contributed by atoms with Crippen molar-refractivity contribution < 1.29 is 31.1 Å². The Balaban J connectivity index is 3.38. The summed E-state index contributed by atoms with van der Waals surface area (Å²) in [6.07, 6.45) is -10.3. The quantitative estimate of drug-likeness (QED) is 0.720. The second-order valence-corrected chi connectivity index (χ2v) is 2.84. The van der Waals surface area contributed by atoms with Gasteiger partial charge in [-0.2, -0.15) is 18.4 Å².